The quantitative estimate of drug-likeness (QED) is 0.709. The number of hydrogen-bond donors (Lipinski definition) is 2. The van der Waals surface area contributed by atoms with Crippen molar-refractivity contribution < 1.29 is 9.90 Å². The molecule has 1 aliphatic rings. The Morgan fingerprint density at radius 2 is 1.96 bits per heavy atom. The van der Waals surface area contributed by atoms with Gasteiger partial charge in [-0.1, -0.05) is 47.2 Å². The number of aryl methyl sites for hydroxylation is 1. The van der Waals surface area contributed by atoms with Crippen LogP contribution in [0.3, 0.4) is 0 Å². The van der Waals surface area contributed by atoms with E-state index in [0.29, 0.717) is 10.6 Å². The molecule has 140 valence electrons. The maximum absolute atomic E-state index is 12.3. The van der Waals surface area contributed by atoms with E-state index in [0.717, 1.165) is 38.3 Å². The number of nitrogens with one attached hydrogen (secondary N) is 1. The van der Waals surface area contributed by atoms with Crippen molar-refractivity contribution >= 4 is 46.5 Å². The van der Waals surface area contributed by atoms with Crippen LogP contribution in [0.1, 0.15) is 16.0 Å². The summed E-state index contributed by atoms with van der Waals surface area (Å²) in [5, 5.41) is 13.2. The normalized spacial score (nSPS) is 13.7. The van der Waals surface area contributed by atoms with Crippen LogP contribution >= 0.6 is 11.3 Å². The molecule has 0 aliphatic carbocycles. The number of thiazole rings is 1. The van der Waals surface area contributed by atoms with Crippen molar-refractivity contribution in [1.29, 1.82) is 0 Å². The van der Waals surface area contributed by atoms with Crippen LogP contribution in [0.4, 0.5) is 11.4 Å². The van der Waals surface area contributed by atoms with E-state index in [1.807, 2.05) is 43.3 Å². The van der Waals surface area contributed by atoms with Crippen molar-refractivity contribution in [2.45, 2.75) is 13.5 Å². The van der Waals surface area contributed by atoms with Gasteiger partial charge in [0.15, 0.2) is 0 Å². The molecule has 2 heterocycles. The summed E-state index contributed by atoms with van der Waals surface area (Å²) in [5.74, 6) is -0.606. The first-order chi connectivity index (χ1) is 13.5. The number of para-hydroxylation sites is 1. The lowest BCUT2D eigenvalue weighted by atomic mass is 10.1. The molecule has 0 unspecified atom stereocenters. The highest BCUT2D eigenvalue weighted by atomic mass is 32.1. The van der Waals surface area contributed by atoms with Gasteiger partial charge in [0, 0.05) is 23.0 Å². The van der Waals surface area contributed by atoms with Crippen LogP contribution in [-0.4, -0.2) is 21.8 Å². The van der Waals surface area contributed by atoms with Crippen LogP contribution in [0.15, 0.2) is 58.3 Å². The molecule has 28 heavy (non-hydrogen) atoms. The highest BCUT2D eigenvalue weighted by Gasteiger charge is 2.18. The monoisotopic (exact) mass is 391 g/mol. The minimum Gasteiger partial charge on any atom is -0.493 e. The maximum atomic E-state index is 12.3. The Kier molecular flexibility index (Phi) is 4.67. The molecule has 1 amide bonds. The Balaban J connectivity index is 1.56. The van der Waals surface area contributed by atoms with Crippen molar-refractivity contribution in [2.24, 2.45) is 4.99 Å². The van der Waals surface area contributed by atoms with Gasteiger partial charge in [0.1, 0.15) is 6.54 Å². The van der Waals surface area contributed by atoms with Gasteiger partial charge in [-0.05, 0) is 31.2 Å². The molecule has 2 aromatic carbocycles. The van der Waals surface area contributed by atoms with Gasteiger partial charge < -0.3 is 10.4 Å². The van der Waals surface area contributed by atoms with E-state index in [1.165, 1.54) is 0 Å². The second-order valence-electron chi connectivity index (χ2n) is 6.43. The summed E-state index contributed by atoms with van der Waals surface area (Å²) in [6.45, 7) is 1.70. The topological polar surface area (TPSA) is 83.7 Å². The third-order valence-electron chi connectivity index (χ3n) is 4.38. The van der Waals surface area contributed by atoms with Crippen molar-refractivity contribution in [3.8, 4) is 5.88 Å². The van der Waals surface area contributed by atoms with Gasteiger partial charge in [-0.3, -0.25) is 19.1 Å². The number of allylic oxidation sites excluding steroid dienone is 1. The molecular formula is C21H17N3O3S. The second-order valence-corrected chi connectivity index (χ2v) is 7.42. The Hall–Kier alpha value is -3.45. The summed E-state index contributed by atoms with van der Waals surface area (Å²) in [5.41, 5.74) is 4.31. The van der Waals surface area contributed by atoms with Gasteiger partial charge in [-0.15, -0.1) is 0 Å². The number of aliphatic imine (C=N–C) groups is 1. The average Bonchev–Trinajstić information content (AvgIpc) is 3.20. The Bertz CT molecular complexity index is 1170. The number of anilines is 1. The maximum Gasteiger partial charge on any atom is 0.311 e. The smallest absolute Gasteiger partial charge is 0.311 e. The van der Waals surface area contributed by atoms with E-state index in [4.69, 9.17) is 0 Å². The summed E-state index contributed by atoms with van der Waals surface area (Å²) in [6.07, 6.45) is 3.41. The molecule has 0 spiro atoms. The number of hydrogen-bond acceptors (Lipinski definition) is 5. The molecule has 0 radical (unpaired) electrons. The number of nitrogens with zero attached hydrogens (tertiary/aromatic N) is 2. The van der Waals surface area contributed by atoms with E-state index in [9.17, 15) is 14.7 Å². The highest BCUT2D eigenvalue weighted by Crippen LogP contribution is 2.34. The van der Waals surface area contributed by atoms with Gasteiger partial charge >= 0.3 is 4.87 Å². The molecule has 1 aromatic heterocycles. The average molecular weight is 391 g/mol. The minimum atomic E-state index is -0.397. The Morgan fingerprint density at radius 1 is 1.21 bits per heavy atom. The van der Waals surface area contributed by atoms with Crippen LogP contribution in [0.5, 0.6) is 5.88 Å². The van der Waals surface area contributed by atoms with Crippen molar-refractivity contribution in [1.82, 2.24) is 4.57 Å². The zero-order valence-corrected chi connectivity index (χ0v) is 15.9. The fraction of sp³-hybridized carbons (Fsp3) is 0.0952. The molecule has 0 saturated heterocycles. The van der Waals surface area contributed by atoms with Crippen LogP contribution < -0.4 is 10.2 Å². The Morgan fingerprint density at radius 3 is 2.75 bits per heavy atom. The fourth-order valence-corrected chi connectivity index (χ4v) is 3.76. The molecule has 7 heteroatoms. The predicted octanol–water partition coefficient (Wildman–Crippen LogP) is 3.82. The number of carbonyl (C=O) groups is 1. The van der Waals surface area contributed by atoms with Crippen molar-refractivity contribution in [2.75, 3.05) is 5.32 Å². The van der Waals surface area contributed by atoms with Crippen LogP contribution in [0.2, 0.25) is 0 Å². The largest absolute Gasteiger partial charge is 0.493 e. The fourth-order valence-electron chi connectivity index (χ4n) is 2.92. The van der Waals surface area contributed by atoms with E-state index in [1.54, 1.807) is 24.4 Å². The summed E-state index contributed by atoms with van der Waals surface area (Å²) in [4.78, 5) is 28.9. The summed E-state index contributed by atoms with van der Waals surface area (Å²) >= 11 is 0.892. The van der Waals surface area contributed by atoms with Gasteiger partial charge in [-0.2, -0.15) is 0 Å². The molecule has 6 nitrogen and oxygen atoms in total. The molecule has 0 saturated carbocycles. The highest BCUT2D eigenvalue weighted by molar-refractivity contribution is 7.10. The van der Waals surface area contributed by atoms with Crippen LogP contribution in [0, 0.1) is 6.92 Å². The number of aromatic nitrogens is 1. The number of carbonyl (C=O) groups excluding carboxylic acids is 1. The molecule has 3 aromatic rings. The number of aromatic hydroxyl groups is 1. The van der Waals surface area contributed by atoms with Gasteiger partial charge in [-0.25, -0.2) is 0 Å². The van der Waals surface area contributed by atoms with Gasteiger partial charge in [0.25, 0.3) is 0 Å². The van der Waals surface area contributed by atoms with Crippen LogP contribution in [-0.2, 0) is 11.3 Å². The molecule has 2 N–H and O–H groups in total. The summed E-state index contributed by atoms with van der Waals surface area (Å²) in [6, 6.07) is 15.0. The van der Waals surface area contributed by atoms with Gasteiger partial charge in [0.05, 0.1) is 10.6 Å². The molecular weight excluding hydrogens is 374 g/mol. The summed E-state index contributed by atoms with van der Waals surface area (Å²) < 4.78 is 1.07. The Labute approximate surface area is 165 Å². The first-order valence-corrected chi connectivity index (χ1v) is 9.47. The zero-order valence-electron chi connectivity index (χ0n) is 15.0. The molecule has 0 fully saturated rings. The predicted molar refractivity (Wildman–Crippen MR) is 113 cm³/mol. The number of fused-ring (bicyclic) bond motifs is 1. The SMILES string of the molecule is Cc1ccc(NC(=O)Cn2c(O)c(C=C3C=Nc4ccccc43)sc2=O)cc1. The number of amides is 1. The van der Waals surface area contributed by atoms with Crippen LogP contribution in [0.25, 0.3) is 11.6 Å². The van der Waals surface area contributed by atoms with Crippen molar-refractivity contribution in [3.63, 3.8) is 0 Å². The number of benzene rings is 2. The lowest BCUT2D eigenvalue weighted by Gasteiger charge is -2.07. The van der Waals surface area contributed by atoms with E-state index >= 15 is 0 Å². The first-order valence-electron chi connectivity index (χ1n) is 8.65. The first kappa shape index (κ1) is 17.9. The third kappa shape index (κ3) is 3.52. The lowest BCUT2D eigenvalue weighted by molar-refractivity contribution is -0.116. The zero-order chi connectivity index (χ0) is 19.7. The van der Waals surface area contributed by atoms with E-state index in [-0.39, 0.29) is 18.3 Å². The summed E-state index contributed by atoms with van der Waals surface area (Å²) in [7, 11) is 0. The molecule has 4 rings (SSSR count). The second kappa shape index (κ2) is 7.28. The molecule has 0 atom stereocenters. The minimum absolute atomic E-state index is 0.223. The number of rotatable bonds is 4. The third-order valence-corrected chi connectivity index (χ3v) is 5.29. The molecule has 0 bridgehead atoms. The van der Waals surface area contributed by atoms with Gasteiger partial charge in [0.2, 0.25) is 11.8 Å². The van der Waals surface area contributed by atoms with Crippen molar-refractivity contribution in [3.05, 3.63) is 74.2 Å². The standard InChI is InChI=1S/C21H17N3O3S/c1-13-6-8-15(9-7-13)23-19(25)12-24-20(26)18(28-21(24)27)10-14-11-22-17-5-3-2-4-16(14)17/h2-11,26H,12H2,1H3,(H,23,25). The molecule has 1 aliphatic heterocycles. The van der Waals surface area contributed by atoms with E-state index < -0.39 is 4.87 Å². The van der Waals surface area contributed by atoms with E-state index in [2.05, 4.69) is 10.3 Å². The lowest BCUT2D eigenvalue weighted by Crippen LogP contribution is -2.24.